The normalized spacial score (nSPS) is 15.4. The van der Waals surface area contributed by atoms with E-state index in [9.17, 15) is 9.18 Å². The van der Waals surface area contributed by atoms with Crippen molar-refractivity contribution < 1.29 is 23.4 Å². The summed E-state index contributed by atoms with van der Waals surface area (Å²) in [5.74, 6) is 0.912. The lowest BCUT2D eigenvalue weighted by molar-refractivity contribution is -0.114. The van der Waals surface area contributed by atoms with Crippen LogP contribution in [0.1, 0.15) is 18.4 Å². The van der Waals surface area contributed by atoms with Crippen LogP contribution in [0.3, 0.4) is 0 Å². The van der Waals surface area contributed by atoms with E-state index in [2.05, 4.69) is 25.7 Å². The number of methoxy groups -OCH3 is 2. The Morgan fingerprint density at radius 2 is 1.82 bits per heavy atom. The summed E-state index contributed by atoms with van der Waals surface area (Å²) in [6, 6.07) is 12.7. The molecule has 0 aliphatic carbocycles. The first kappa shape index (κ1) is 29.8. The number of fused-ring (bicyclic) bond motifs is 2. The molecule has 0 bridgehead atoms. The van der Waals surface area contributed by atoms with Gasteiger partial charge in [0.15, 0.2) is 5.83 Å². The number of rotatable bonds is 9. The number of ether oxygens (including phenoxy) is 3. The van der Waals surface area contributed by atoms with E-state index in [0.717, 1.165) is 35.9 Å². The Hall–Kier alpha value is -5.23. The molecule has 1 aliphatic rings. The maximum atomic E-state index is 14.9. The molecule has 1 atom stereocenters. The summed E-state index contributed by atoms with van der Waals surface area (Å²) in [5, 5.41) is 11.9. The summed E-state index contributed by atoms with van der Waals surface area (Å²) in [5.41, 5.74) is 3.30. The summed E-state index contributed by atoms with van der Waals surface area (Å²) in [6.07, 6.45) is 6.37. The Kier molecular flexibility index (Phi) is 8.22. The zero-order chi connectivity index (χ0) is 31.7. The van der Waals surface area contributed by atoms with E-state index in [-0.39, 0.29) is 11.7 Å². The topological polar surface area (TPSA) is 116 Å². The molecule has 11 nitrogen and oxygen atoms in total. The molecule has 45 heavy (non-hydrogen) atoms. The highest BCUT2D eigenvalue weighted by molar-refractivity contribution is 6.05. The molecule has 1 aliphatic heterocycles. The number of anilines is 3. The second-order valence-corrected chi connectivity index (χ2v) is 11.0. The molecule has 5 aromatic rings. The van der Waals surface area contributed by atoms with E-state index in [1.807, 2.05) is 56.4 Å². The van der Waals surface area contributed by atoms with Gasteiger partial charge in [0.05, 0.1) is 42.8 Å². The number of aryl methyl sites for hydroxylation is 2. The van der Waals surface area contributed by atoms with Crippen molar-refractivity contribution in [2.75, 3.05) is 38.4 Å². The zero-order valence-corrected chi connectivity index (χ0v) is 25.7. The summed E-state index contributed by atoms with van der Waals surface area (Å²) >= 11 is 0. The third-order valence-corrected chi connectivity index (χ3v) is 8.04. The van der Waals surface area contributed by atoms with Gasteiger partial charge in [0, 0.05) is 42.1 Å². The van der Waals surface area contributed by atoms with Gasteiger partial charge in [-0.25, -0.2) is 14.4 Å². The molecule has 0 saturated carbocycles. The number of amides is 1. The second-order valence-electron chi connectivity index (χ2n) is 11.0. The predicted octanol–water partition coefficient (Wildman–Crippen LogP) is 6.26. The van der Waals surface area contributed by atoms with Crippen LogP contribution in [-0.4, -0.2) is 64.4 Å². The van der Waals surface area contributed by atoms with E-state index in [1.54, 1.807) is 30.0 Å². The Bertz CT molecular complexity index is 1940. The van der Waals surface area contributed by atoms with Crippen molar-refractivity contribution >= 4 is 44.9 Å². The molecule has 0 spiro atoms. The smallest absolute Gasteiger partial charge is 0.284 e. The van der Waals surface area contributed by atoms with Gasteiger partial charge in [-0.2, -0.15) is 5.10 Å². The highest BCUT2D eigenvalue weighted by Gasteiger charge is 2.22. The first-order valence-corrected chi connectivity index (χ1v) is 14.5. The molecule has 0 radical (unpaired) electrons. The van der Waals surface area contributed by atoms with Crippen LogP contribution in [0.15, 0.2) is 66.9 Å². The number of carbonyl (C=O) groups is 1. The first-order valence-electron chi connectivity index (χ1n) is 14.5. The quantitative estimate of drug-likeness (QED) is 0.186. The number of hydrogen-bond donors (Lipinski definition) is 2. The maximum Gasteiger partial charge on any atom is 0.284 e. The van der Waals surface area contributed by atoms with E-state index < -0.39 is 11.7 Å². The van der Waals surface area contributed by atoms with Crippen molar-refractivity contribution in [3.8, 4) is 23.0 Å². The molecule has 232 valence electrons. The van der Waals surface area contributed by atoms with Gasteiger partial charge < -0.3 is 24.8 Å². The van der Waals surface area contributed by atoms with Gasteiger partial charge in [0.2, 0.25) is 0 Å². The molecule has 12 heteroatoms. The second kappa shape index (κ2) is 12.4. The summed E-state index contributed by atoms with van der Waals surface area (Å²) in [4.78, 5) is 23.7. The van der Waals surface area contributed by atoms with Gasteiger partial charge in [-0.1, -0.05) is 0 Å². The molecule has 3 aromatic carbocycles. The van der Waals surface area contributed by atoms with Crippen LogP contribution in [0.25, 0.3) is 21.8 Å². The van der Waals surface area contributed by atoms with E-state index >= 15 is 0 Å². The average molecular weight is 612 g/mol. The summed E-state index contributed by atoms with van der Waals surface area (Å²) in [7, 11) is 6.85. The minimum absolute atomic E-state index is 0.113. The van der Waals surface area contributed by atoms with Gasteiger partial charge >= 0.3 is 0 Å². The largest absolute Gasteiger partial charge is 0.494 e. The lowest BCUT2D eigenvalue weighted by Gasteiger charge is -2.17. The number of nitrogens with one attached hydrogen (secondary N) is 2. The van der Waals surface area contributed by atoms with Crippen LogP contribution in [0.2, 0.25) is 0 Å². The molecule has 2 N–H and O–H groups in total. The number of aromatic nitrogens is 4. The minimum atomic E-state index is -0.852. The fraction of sp³-hybridized carbons (Fsp3) is 0.273. The standard InChI is InChI=1S/C33H34FN7O4/c1-19-11-26(31(44-5)16-29(19)45-22-9-8-20-17-37-41(3)28(20)13-22)38-32-23-14-27(30(43-4)15-25(23)35-18-36-32)39-33(42)24(34)12-21-7-6-10-40(21)2/h8-9,11-18,21H,6-7,10H2,1-5H3,(H,39,42)(H,35,36,38)/b24-12+. The number of halogens is 1. The van der Waals surface area contributed by atoms with Crippen LogP contribution in [-0.2, 0) is 11.8 Å². The highest BCUT2D eigenvalue weighted by atomic mass is 19.1. The number of benzene rings is 3. The fourth-order valence-electron chi connectivity index (χ4n) is 5.51. The van der Waals surface area contributed by atoms with Crippen molar-refractivity contribution in [1.29, 1.82) is 0 Å². The molecule has 1 unspecified atom stereocenters. The number of hydrogen-bond acceptors (Lipinski definition) is 9. The van der Waals surface area contributed by atoms with Gasteiger partial charge in [0.1, 0.15) is 35.1 Å². The molecule has 1 amide bonds. The third kappa shape index (κ3) is 6.09. The van der Waals surface area contributed by atoms with Crippen LogP contribution in [0.5, 0.6) is 23.0 Å². The number of likely N-dealkylation sites (tertiary alicyclic amines) is 1. The zero-order valence-electron chi connectivity index (χ0n) is 25.7. The number of nitrogens with zero attached hydrogens (tertiary/aromatic N) is 5. The number of carbonyl (C=O) groups excluding carboxylic acids is 1. The van der Waals surface area contributed by atoms with Gasteiger partial charge in [-0.3, -0.25) is 14.4 Å². The van der Waals surface area contributed by atoms with Gasteiger partial charge in [-0.05, 0) is 69.3 Å². The molecule has 3 heterocycles. The van der Waals surface area contributed by atoms with Crippen LogP contribution >= 0.6 is 0 Å². The Morgan fingerprint density at radius 3 is 2.58 bits per heavy atom. The Balaban J connectivity index is 1.29. The summed E-state index contributed by atoms with van der Waals surface area (Å²) < 4.78 is 34.1. The monoisotopic (exact) mass is 611 g/mol. The van der Waals surface area contributed by atoms with E-state index in [1.165, 1.54) is 19.5 Å². The lowest BCUT2D eigenvalue weighted by Crippen LogP contribution is -2.24. The van der Waals surface area contributed by atoms with Crippen molar-refractivity contribution in [2.45, 2.75) is 25.8 Å². The van der Waals surface area contributed by atoms with Crippen molar-refractivity contribution in [1.82, 2.24) is 24.6 Å². The Morgan fingerprint density at radius 1 is 1.02 bits per heavy atom. The number of likely N-dealkylation sites (N-methyl/N-ethyl adjacent to an activating group) is 1. The Labute approximate surface area is 259 Å². The van der Waals surface area contributed by atoms with E-state index in [0.29, 0.717) is 45.4 Å². The van der Waals surface area contributed by atoms with Crippen molar-refractivity contribution in [3.05, 3.63) is 72.5 Å². The average Bonchev–Trinajstić information content (AvgIpc) is 3.62. The fourth-order valence-corrected chi connectivity index (χ4v) is 5.51. The molecule has 1 fully saturated rings. The maximum absolute atomic E-state index is 14.9. The highest BCUT2D eigenvalue weighted by Crippen LogP contribution is 2.39. The summed E-state index contributed by atoms with van der Waals surface area (Å²) in [6.45, 7) is 2.80. The molecule has 6 rings (SSSR count). The molecule has 1 saturated heterocycles. The van der Waals surface area contributed by atoms with E-state index in [4.69, 9.17) is 14.2 Å². The van der Waals surface area contributed by atoms with Crippen LogP contribution in [0, 0.1) is 6.92 Å². The lowest BCUT2D eigenvalue weighted by atomic mass is 10.1. The minimum Gasteiger partial charge on any atom is -0.494 e. The van der Waals surface area contributed by atoms with Crippen LogP contribution in [0.4, 0.5) is 21.6 Å². The first-order chi connectivity index (χ1) is 21.7. The predicted molar refractivity (Wildman–Crippen MR) is 171 cm³/mol. The molecular weight excluding hydrogens is 577 g/mol. The SMILES string of the molecule is COc1cc2ncnc(Nc3cc(C)c(Oc4ccc5cnn(C)c5c4)cc3OC)c2cc1NC(=O)/C(F)=C\C1CCCN1C. The third-order valence-electron chi connectivity index (χ3n) is 8.04. The van der Waals surface area contributed by atoms with Gasteiger partial charge in [-0.15, -0.1) is 0 Å². The van der Waals surface area contributed by atoms with Crippen molar-refractivity contribution in [2.24, 2.45) is 7.05 Å². The van der Waals surface area contributed by atoms with Crippen LogP contribution < -0.4 is 24.8 Å². The molecule has 2 aromatic heterocycles. The van der Waals surface area contributed by atoms with Gasteiger partial charge in [0.25, 0.3) is 5.91 Å². The molecular formula is C33H34FN7O4. The van der Waals surface area contributed by atoms with Crippen molar-refractivity contribution in [3.63, 3.8) is 0 Å².